The van der Waals surface area contributed by atoms with E-state index >= 15 is 0 Å². The van der Waals surface area contributed by atoms with E-state index in [0.717, 1.165) is 0 Å². The molecular weight excluding hydrogens is 503 g/mol. The molecule has 17 heteroatoms. The van der Waals surface area contributed by atoms with Crippen molar-refractivity contribution >= 4 is 11.9 Å². The summed E-state index contributed by atoms with van der Waals surface area (Å²) in [6.07, 6.45) is -5.42. The molecule has 0 aliphatic carbocycles. The molecule has 0 amide bonds. The predicted molar refractivity (Wildman–Crippen MR) is 77.0 cm³/mol. The minimum absolute atomic E-state index is 0.0571. The van der Waals surface area contributed by atoms with Gasteiger partial charge in [0, 0.05) is 12.2 Å². The molecule has 0 aromatic heterocycles. The van der Waals surface area contributed by atoms with Gasteiger partial charge in [-0.15, -0.1) is 0 Å². The van der Waals surface area contributed by atoms with Crippen molar-refractivity contribution < 1.29 is 76.1 Å². The molecule has 0 aliphatic heterocycles. The van der Waals surface area contributed by atoms with E-state index in [2.05, 4.69) is 9.47 Å². The lowest BCUT2D eigenvalue weighted by molar-refractivity contribution is -0.344. The van der Waals surface area contributed by atoms with Crippen molar-refractivity contribution in [2.24, 2.45) is 0 Å². The SMILES string of the molecule is O=C(/C=C/C(=O)OCC(F)(F)C(F)(F)C(F)(F)C(F)F)OCc1c(F)c(F)c(F)c(F)c1F. The zero-order valence-corrected chi connectivity index (χ0v) is 15.2. The van der Waals surface area contributed by atoms with Gasteiger partial charge in [-0.05, 0) is 0 Å². The van der Waals surface area contributed by atoms with E-state index in [1.54, 1.807) is 0 Å². The summed E-state index contributed by atoms with van der Waals surface area (Å²) in [6.45, 7) is -4.43. The Morgan fingerprint density at radius 1 is 0.727 bits per heavy atom. The number of carbonyl (C=O) groups is 2. The summed E-state index contributed by atoms with van der Waals surface area (Å²) in [5.74, 6) is -35.1. The molecule has 0 N–H and O–H groups in total. The van der Waals surface area contributed by atoms with Crippen molar-refractivity contribution in [2.45, 2.75) is 30.8 Å². The van der Waals surface area contributed by atoms with Crippen molar-refractivity contribution in [3.8, 4) is 0 Å². The van der Waals surface area contributed by atoms with E-state index in [9.17, 15) is 66.7 Å². The van der Waals surface area contributed by atoms with Crippen LogP contribution in [0.4, 0.5) is 57.1 Å². The molecule has 0 spiro atoms. The van der Waals surface area contributed by atoms with Crippen LogP contribution >= 0.6 is 0 Å². The Morgan fingerprint density at radius 2 is 1.12 bits per heavy atom. The number of alkyl halides is 8. The third-order valence-electron chi connectivity index (χ3n) is 3.56. The van der Waals surface area contributed by atoms with Gasteiger partial charge in [-0.3, -0.25) is 0 Å². The highest BCUT2D eigenvalue weighted by Gasteiger charge is 2.75. The van der Waals surface area contributed by atoms with Crippen LogP contribution in [0.5, 0.6) is 0 Å². The molecule has 1 rings (SSSR count). The van der Waals surface area contributed by atoms with Crippen LogP contribution in [0, 0.1) is 29.1 Å². The largest absolute Gasteiger partial charge is 0.457 e. The van der Waals surface area contributed by atoms with Crippen LogP contribution in [0.2, 0.25) is 0 Å². The van der Waals surface area contributed by atoms with E-state index < -0.39 is 84.0 Å². The molecule has 1 aromatic rings. The van der Waals surface area contributed by atoms with Crippen molar-refractivity contribution in [3.05, 3.63) is 46.8 Å². The first-order valence-electron chi connectivity index (χ1n) is 7.82. The topological polar surface area (TPSA) is 52.6 Å². The van der Waals surface area contributed by atoms with Crippen molar-refractivity contribution in [1.82, 2.24) is 0 Å². The molecular formula is C16H7F13O4. The summed E-state index contributed by atoms with van der Waals surface area (Å²) in [5.41, 5.74) is -1.61. The van der Waals surface area contributed by atoms with Gasteiger partial charge in [-0.25, -0.2) is 40.3 Å². The monoisotopic (exact) mass is 510 g/mol. The van der Waals surface area contributed by atoms with Gasteiger partial charge < -0.3 is 9.47 Å². The molecule has 0 bridgehead atoms. The van der Waals surface area contributed by atoms with E-state index in [1.165, 1.54) is 0 Å². The molecule has 33 heavy (non-hydrogen) atoms. The lowest BCUT2D eigenvalue weighted by Crippen LogP contribution is -2.59. The third kappa shape index (κ3) is 5.68. The van der Waals surface area contributed by atoms with Gasteiger partial charge in [-0.2, -0.15) is 26.3 Å². The van der Waals surface area contributed by atoms with Gasteiger partial charge in [0.2, 0.25) is 5.82 Å². The Kier molecular flexibility index (Phi) is 8.37. The second-order valence-corrected chi connectivity index (χ2v) is 5.80. The predicted octanol–water partition coefficient (Wildman–Crippen LogP) is 4.70. The number of carbonyl (C=O) groups excluding carboxylic acids is 2. The fourth-order valence-electron chi connectivity index (χ4n) is 1.79. The van der Waals surface area contributed by atoms with E-state index in [1.807, 2.05) is 0 Å². The number of hydrogen-bond acceptors (Lipinski definition) is 4. The number of benzene rings is 1. The fourth-order valence-corrected chi connectivity index (χ4v) is 1.79. The number of rotatable bonds is 9. The van der Waals surface area contributed by atoms with Crippen LogP contribution in [0.3, 0.4) is 0 Å². The summed E-state index contributed by atoms with van der Waals surface area (Å²) in [6, 6.07) is 0. The van der Waals surface area contributed by atoms with Gasteiger partial charge in [0.1, 0.15) is 6.61 Å². The van der Waals surface area contributed by atoms with Gasteiger partial charge in [0.25, 0.3) is 0 Å². The highest BCUT2D eigenvalue weighted by Crippen LogP contribution is 2.48. The maximum Gasteiger partial charge on any atom is 0.381 e. The Labute approximate surface area is 173 Å². The molecule has 186 valence electrons. The minimum atomic E-state index is -6.66. The maximum absolute atomic E-state index is 13.4. The second kappa shape index (κ2) is 9.86. The van der Waals surface area contributed by atoms with Gasteiger partial charge in [0.15, 0.2) is 29.9 Å². The smallest absolute Gasteiger partial charge is 0.381 e. The molecule has 0 fully saturated rings. The molecule has 4 nitrogen and oxygen atoms in total. The molecule has 0 atom stereocenters. The van der Waals surface area contributed by atoms with Gasteiger partial charge >= 0.3 is 36.1 Å². The summed E-state index contributed by atoms with van der Waals surface area (Å²) < 4.78 is 175. The lowest BCUT2D eigenvalue weighted by atomic mass is 10.1. The third-order valence-corrected chi connectivity index (χ3v) is 3.56. The first kappa shape index (κ1) is 28.0. The summed E-state index contributed by atoms with van der Waals surface area (Å²) in [4.78, 5) is 22.4. The number of halogens is 13. The van der Waals surface area contributed by atoms with Crippen LogP contribution in [-0.2, 0) is 25.7 Å². The number of esters is 2. The van der Waals surface area contributed by atoms with Crippen molar-refractivity contribution in [3.63, 3.8) is 0 Å². The highest BCUT2D eigenvalue weighted by atomic mass is 19.4. The first-order valence-corrected chi connectivity index (χ1v) is 7.82. The van der Waals surface area contributed by atoms with Crippen molar-refractivity contribution in [1.29, 1.82) is 0 Å². The Hall–Kier alpha value is -3.01. The van der Waals surface area contributed by atoms with Gasteiger partial charge in [0.05, 0.1) is 5.56 Å². The van der Waals surface area contributed by atoms with Crippen LogP contribution in [0.1, 0.15) is 5.56 Å². The zero-order chi connectivity index (χ0) is 25.9. The van der Waals surface area contributed by atoms with Crippen LogP contribution < -0.4 is 0 Å². The normalized spacial score (nSPS) is 13.0. The van der Waals surface area contributed by atoms with Crippen LogP contribution in [0.25, 0.3) is 0 Å². The molecule has 0 radical (unpaired) electrons. The van der Waals surface area contributed by atoms with E-state index in [0.29, 0.717) is 0 Å². The number of ether oxygens (including phenoxy) is 2. The van der Waals surface area contributed by atoms with E-state index in [-0.39, 0.29) is 12.2 Å². The quantitative estimate of drug-likeness (QED) is 0.159. The molecule has 0 heterocycles. The molecule has 1 aromatic carbocycles. The highest BCUT2D eigenvalue weighted by molar-refractivity contribution is 5.91. The summed E-state index contributed by atoms with van der Waals surface area (Å²) in [7, 11) is 0. The summed E-state index contributed by atoms with van der Waals surface area (Å²) in [5, 5.41) is 0. The Balaban J connectivity index is 2.76. The molecule has 0 aliphatic rings. The second-order valence-electron chi connectivity index (χ2n) is 5.80. The molecule has 0 saturated carbocycles. The zero-order valence-electron chi connectivity index (χ0n) is 15.2. The van der Waals surface area contributed by atoms with Crippen LogP contribution in [-0.4, -0.2) is 42.7 Å². The fraction of sp³-hybridized carbons (Fsp3) is 0.375. The maximum atomic E-state index is 13.4. The average molecular weight is 510 g/mol. The Morgan fingerprint density at radius 3 is 1.55 bits per heavy atom. The van der Waals surface area contributed by atoms with Gasteiger partial charge in [-0.1, -0.05) is 0 Å². The minimum Gasteiger partial charge on any atom is -0.457 e. The van der Waals surface area contributed by atoms with Crippen LogP contribution in [0.15, 0.2) is 12.2 Å². The summed E-state index contributed by atoms with van der Waals surface area (Å²) >= 11 is 0. The standard InChI is InChI=1S/C16H7F13O4/c17-8-5(9(18)11(20)12(21)10(8)19)3-32-6(30)1-2-7(31)33-4-14(24,25)16(28,29)15(26,27)13(22)23/h1-2,13H,3-4H2/b2-1+. The Bertz CT molecular complexity index is 914. The van der Waals surface area contributed by atoms with E-state index in [4.69, 9.17) is 0 Å². The first-order chi connectivity index (χ1) is 14.9. The lowest BCUT2D eigenvalue weighted by Gasteiger charge is -2.31. The molecule has 0 unspecified atom stereocenters. The number of hydrogen-bond donors (Lipinski definition) is 0. The average Bonchev–Trinajstić information content (AvgIpc) is 2.72. The molecule has 0 saturated heterocycles. The van der Waals surface area contributed by atoms with Crippen molar-refractivity contribution in [2.75, 3.05) is 6.61 Å².